The number of ether oxygens (including phenoxy) is 1. The summed E-state index contributed by atoms with van der Waals surface area (Å²) in [5, 5.41) is 14.1. The van der Waals surface area contributed by atoms with E-state index in [0.717, 1.165) is 0 Å². The Morgan fingerprint density at radius 2 is 2.17 bits per heavy atom. The van der Waals surface area contributed by atoms with Crippen molar-refractivity contribution >= 4 is 5.78 Å². The number of nitrogens with two attached hydrogens (primary N) is 1. The number of allylic oxidation sites excluding steroid dienone is 3. The maximum atomic E-state index is 12.8. The Labute approximate surface area is 141 Å². The maximum Gasteiger partial charge on any atom is 0.205 e. The van der Waals surface area contributed by atoms with Gasteiger partial charge in [-0.1, -0.05) is 13.8 Å². The van der Waals surface area contributed by atoms with Crippen LogP contribution in [-0.2, 0) is 9.53 Å². The number of hydrogen-bond donors (Lipinski definition) is 1. The van der Waals surface area contributed by atoms with E-state index < -0.39 is 5.92 Å². The number of hydrogen-bond acceptors (Lipinski definition) is 5. The van der Waals surface area contributed by atoms with Gasteiger partial charge in [0, 0.05) is 30.7 Å². The lowest BCUT2D eigenvalue weighted by Gasteiger charge is -2.36. The molecule has 0 saturated heterocycles. The fourth-order valence-corrected chi connectivity index (χ4v) is 3.37. The molecule has 1 unspecified atom stereocenters. The molecular formula is C18H22N4O2. The smallest absolute Gasteiger partial charge is 0.205 e. The zero-order valence-electron chi connectivity index (χ0n) is 14.5. The van der Waals surface area contributed by atoms with Gasteiger partial charge in [-0.15, -0.1) is 0 Å². The molecule has 2 N–H and O–H groups in total. The Kier molecular flexibility index (Phi) is 3.75. The average molecular weight is 326 g/mol. The van der Waals surface area contributed by atoms with E-state index in [4.69, 9.17) is 10.5 Å². The molecule has 1 aliphatic heterocycles. The van der Waals surface area contributed by atoms with Crippen molar-refractivity contribution in [3.05, 3.63) is 40.7 Å². The van der Waals surface area contributed by atoms with Crippen LogP contribution < -0.4 is 5.73 Å². The van der Waals surface area contributed by atoms with E-state index in [9.17, 15) is 10.1 Å². The molecule has 0 saturated carbocycles. The van der Waals surface area contributed by atoms with Gasteiger partial charge >= 0.3 is 0 Å². The average Bonchev–Trinajstić information content (AvgIpc) is 2.94. The third kappa shape index (κ3) is 2.60. The van der Waals surface area contributed by atoms with Crippen molar-refractivity contribution in [2.24, 2.45) is 11.1 Å². The molecule has 1 aromatic rings. The molecule has 6 heteroatoms. The SMILES string of the molecule is CC(C)n1ccc(C2C(C#N)=C(N)OC3=C2C(=O)CC(C)(C)C3)n1. The highest BCUT2D eigenvalue weighted by Crippen LogP contribution is 2.47. The third-order valence-corrected chi connectivity index (χ3v) is 4.53. The van der Waals surface area contributed by atoms with Gasteiger partial charge in [0.2, 0.25) is 5.88 Å². The van der Waals surface area contributed by atoms with E-state index in [-0.39, 0.29) is 28.7 Å². The first kappa shape index (κ1) is 16.3. The van der Waals surface area contributed by atoms with E-state index in [1.807, 2.05) is 44.6 Å². The van der Waals surface area contributed by atoms with Crippen LogP contribution in [0.4, 0.5) is 0 Å². The summed E-state index contributed by atoms with van der Waals surface area (Å²) < 4.78 is 7.48. The standard InChI is InChI=1S/C18H22N4O2/c1-10(2)22-6-5-12(21-22)15-11(9-19)17(20)24-14-8-18(3,4)7-13(23)16(14)15/h5-6,10,15H,7-8,20H2,1-4H3. The van der Waals surface area contributed by atoms with Gasteiger partial charge in [0.1, 0.15) is 17.4 Å². The second kappa shape index (κ2) is 5.52. The molecule has 0 aromatic carbocycles. The molecule has 6 nitrogen and oxygen atoms in total. The highest BCUT2D eigenvalue weighted by Gasteiger charge is 2.43. The number of nitriles is 1. The summed E-state index contributed by atoms with van der Waals surface area (Å²) >= 11 is 0. The van der Waals surface area contributed by atoms with E-state index in [1.165, 1.54) is 0 Å². The van der Waals surface area contributed by atoms with Crippen LogP contribution in [0, 0.1) is 16.7 Å². The van der Waals surface area contributed by atoms with Gasteiger partial charge in [0.25, 0.3) is 0 Å². The zero-order chi connectivity index (χ0) is 17.6. The summed E-state index contributed by atoms with van der Waals surface area (Å²) in [4.78, 5) is 12.8. The Morgan fingerprint density at radius 1 is 1.46 bits per heavy atom. The minimum Gasteiger partial charge on any atom is -0.444 e. The van der Waals surface area contributed by atoms with Gasteiger partial charge in [0.15, 0.2) is 5.78 Å². The zero-order valence-corrected chi connectivity index (χ0v) is 14.5. The number of nitrogens with zero attached hydrogens (tertiary/aromatic N) is 3. The molecule has 1 aromatic heterocycles. The first-order valence-corrected chi connectivity index (χ1v) is 8.12. The molecule has 3 rings (SSSR count). The normalized spacial score (nSPS) is 23.2. The van der Waals surface area contributed by atoms with Gasteiger partial charge < -0.3 is 10.5 Å². The van der Waals surface area contributed by atoms with Crippen LogP contribution >= 0.6 is 0 Å². The van der Waals surface area contributed by atoms with Crippen LogP contribution in [0.2, 0.25) is 0 Å². The Bertz CT molecular complexity index is 805. The van der Waals surface area contributed by atoms with Crippen molar-refractivity contribution in [2.75, 3.05) is 0 Å². The molecule has 0 spiro atoms. The van der Waals surface area contributed by atoms with Crippen LogP contribution in [-0.4, -0.2) is 15.6 Å². The predicted octanol–water partition coefficient (Wildman–Crippen LogP) is 2.91. The first-order valence-electron chi connectivity index (χ1n) is 8.12. The van der Waals surface area contributed by atoms with Crippen LogP contribution in [0.25, 0.3) is 0 Å². The first-order chi connectivity index (χ1) is 11.2. The van der Waals surface area contributed by atoms with Gasteiger partial charge in [-0.3, -0.25) is 9.48 Å². The van der Waals surface area contributed by atoms with Crippen molar-refractivity contribution in [3.8, 4) is 6.07 Å². The molecule has 126 valence electrons. The number of rotatable bonds is 2. The second-order valence-electron chi connectivity index (χ2n) is 7.52. The quantitative estimate of drug-likeness (QED) is 0.901. The number of aromatic nitrogens is 2. The molecule has 24 heavy (non-hydrogen) atoms. The minimum absolute atomic E-state index is 0.00518. The van der Waals surface area contributed by atoms with E-state index in [0.29, 0.717) is 29.9 Å². The van der Waals surface area contributed by atoms with Crippen LogP contribution in [0.1, 0.15) is 58.2 Å². The van der Waals surface area contributed by atoms with E-state index in [1.54, 1.807) is 0 Å². The van der Waals surface area contributed by atoms with Crippen molar-refractivity contribution < 1.29 is 9.53 Å². The van der Waals surface area contributed by atoms with E-state index in [2.05, 4.69) is 11.2 Å². The predicted molar refractivity (Wildman–Crippen MR) is 88.3 cm³/mol. The summed E-state index contributed by atoms with van der Waals surface area (Å²) in [7, 11) is 0. The summed E-state index contributed by atoms with van der Waals surface area (Å²) in [6, 6.07) is 4.15. The van der Waals surface area contributed by atoms with Crippen molar-refractivity contribution in [1.29, 1.82) is 5.26 Å². The van der Waals surface area contributed by atoms with Gasteiger partial charge in [-0.2, -0.15) is 10.4 Å². The lowest BCUT2D eigenvalue weighted by molar-refractivity contribution is -0.119. The third-order valence-electron chi connectivity index (χ3n) is 4.53. The van der Waals surface area contributed by atoms with Crippen molar-refractivity contribution in [2.45, 2.75) is 52.5 Å². The van der Waals surface area contributed by atoms with Crippen LogP contribution in [0.5, 0.6) is 0 Å². The fraction of sp³-hybridized carbons (Fsp3) is 0.500. The molecule has 2 aliphatic rings. The van der Waals surface area contributed by atoms with Gasteiger partial charge in [-0.25, -0.2) is 0 Å². The molecule has 0 fully saturated rings. The van der Waals surface area contributed by atoms with Crippen molar-refractivity contribution in [1.82, 2.24) is 9.78 Å². The van der Waals surface area contributed by atoms with Gasteiger partial charge in [-0.05, 0) is 25.3 Å². The molecule has 0 radical (unpaired) electrons. The Balaban J connectivity index is 2.14. The monoisotopic (exact) mass is 326 g/mol. The summed E-state index contributed by atoms with van der Waals surface area (Å²) in [5.41, 5.74) is 7.26. The van der Waals surface area contributed by atoms with Crippen molar-refractivity contribution in [3.63, 3.8) is 0 Å². The summed E-state index contributed by atoms with van der Waals surface area (Å²) in [5.74, 6) is 0.121. The summed E-state index contributed by atoms with van der Waals surface area (Å²) in [6.45, 7) is 8.10. The highest BCUT2D eigenvalue weighted by atomic mass is 16.5. The molecule has 0 bridgehead atoms. The van der Waals surface area contributed by atoms with E-state index >= 15 is 0 Å². The number of ketones is 1. The molecule has 1 aliphatic carbocycles. The van der Waals surface area contributed by atoms with Crippen LogP contribution in [0.15, 0.2) is 35.1 Å². The molecule has 0 amide bonds. The maximum absolute atomic E-state index is 12.8. The number of Topliss-reactive ketones (excluding diaryl/α,β-unsaturated/α-hetero) is 1. The minimum atomic E-state index is -0.539. The van der Waals surface area contributed by atoms with Gasteiger partial charge in [0.05, 0.1) is 11.6 Å². The Hall–Kier alpha value is -2.55. The lowest BCUT2D eigenvalue weighted by Crippen LogP contribution is -2.33. The fourth-order valence-electron chi connectivity index (χ4n) is 3.37. The Morgan fingerprint density at radius 3 is 2.75 bits per heavy atom. The second-order valence-corrected chi connectivity index (χ2v) is 7.52. The molecular weight excluding hydrogens is 304 g/mol. The topological polar surface area (TPSA) is 93.9 Å². The van der Waals surface area contributed by atoms with Crippen LogP contribution in [0.3, 0.4) is 0 Å². The number of carbonyl (C=O) groups excluding carboxylic acids is 1. The number of carbonyl (C=O) groups is 1. The highest BCUT2D eigenvalue weighted by molar-refractivity contribution is 5.99. The largest absolute Gasteiger partial charge is 0.444 e. The molecule has 1 atom stereocenters. The lowest BCUT2D eigenvalue weighted by atomic mass is 9.71. The molecule has 2 heterocycles. The summed E-state index contributed by atoms with van der Waals surface area (Å²) in [6.07, 6.45) is 2.90.